The highest BCUT2D eigenvalue weighted by Crippen LogP contribution is 2.47. The van der Waals surface area contributed by atoms with E-state index < -0.39 is 72.1 Å². The van der Waals surface area contributed by atoms with E-state index in [-0.39, 0.29) is 88.1 Å². The molecule has 0 saturated carbocycles. The maximum Gasteiger partial charge on any atom is 0.407 e. The number of alkyl carbamates (subject to hydrolysis) is 3. The van der Waals surface area contributed by atoms with Gasteiger partial charge in [-0.15, -0.1) is 0 Å². The van der Waals surface area contributed by atoms with Crippen LogP contribution in [0.25, 0.3) is 44.5 Å². The average molecular weight is 1580 g/mol. The molecule has 4 atom stereocenters. The van der Waals surface area contributed by atoms with Gasteiger partial charge in [0.2, 0.25) is 17.7 Å². The van der Waals surface area contributed by atoms with Crippen molar-refractivity contribution in [3.8, 4) is 44.5 Å². The van der Waals surface area contributed by atoms with Crippen LogP contribution >= 0.6 is 0 Å². The number of hydrogen-bond donors (Lipinski definition) is 14. The minimum absolute atomic E-state index is 0.0655. The van der Waals surface area contributed by atoms with Crippen molar-refractivity contribution in [3.05, 3.63) is 239 Å². The SMILES string of the molecule is C1CCOC1.CC(=O)NCC(NC(=O)OCC1c2ccccc2-c2ccccc21)C(=O)O.CCONC(=O)C(CNC(C)=O)NC(=O)OCC1c2ccccc2-c2ccccc21.CCc1ccc(-c2ccc(C(=O)NC(CNC(C)=O)C(=O)NO)cc2)cc1.CN.NCC(NC(=O)OCC1c2ccccc2-c2ccccc21)C(=O)O. The summed E-state index contributed by atoms with van der Waals surface area (Å²) < 4.78 is 20.9. The molecule has 1 saturated heterocycles. The van der Waals surface area contributed by atoms with Gasteiger partial charge >= 0.3 is 30.2 Å². The third-order valence-electron chi connectivity index (χ3n) is 18.4. The van der Waals surface area contributed by atoms with E-state index in [1.807, 2.05) is 158 Å². The Bertz CT molecular complexity index is 4470. The Morgan fingerprint density at radius 3 is 1.03 bits per heavy atom. The topological polar surface area (TPSA) is 455 Å². The van der Waals surface area contributed by atoms with Crippen LogP contribution < -0.4 is 59.6 Å². The van der Waals surface area contributed by atoms with E-state index in [2.05, 4.69) is 79.6 Å². The number of carboxylic acids is 2. The van der Waals surface area contributed by atoms with Crippen LogP contribution in [0.15, 0.2) is 194 Å². The zero-order valence-corrected chi connectivity index (χ0v) is 64.7. The van der Waals surface area contributed by atoms with E-state index in [4.69, 9.17) is 44.9 Å². The molecule has 1 fully saturated rings. The molecule has 0 aromatic heterocycles. The number of aryl methyl sites for hydroxylation is 1. The lowest BCUT2D eigenvalue weighted by atomic mass is 9.98. The zero-order chi connectivity index (χ0) is 83.3. The molecular weight excluding hydrogens is 1480 g/mol. The molecule has 4 aliphatic rings. The van der Waals surface area contributed by atoms with E-state index in [1.54, 1.807) is 19.1 Å². The van der Waals surface area contributed by atoms with Crippen molar-refractivity contribution in [2.24, 2.45) is 11.5 Å². The van der Waals surface area contributed by atoms with Crippen molar-refractivity contribution in [2.45, 2.75) is 95.8 Å². The van der Waals surface area contributed by atoms with Crippen LogP contribution in [0.5, 0.6) is 0 Å². The van der Waals surface area contributed by atoms with Crippen molar-refractivity contribution in [1.82, 2.24) is 48.2 Å². The van der Waals surface area contributed by atoms with Gasteiger partial charge < -0.3 is 77.8 Å². The van der Waals surface area contributed by atoms with Gasteiger partial charge in [-0.25, -0.2) is 34.9 Å². The van der Waals surface area contributed by atoms with Crippen molar-refractivity contribution >= 4 is 65.7 Å². The number of benzene rings is 8. The molecule has 30 heteroatoms. The lowest BCUT2D eigenvalue weighted by Gasteiger charge is -2.19. The number of nitrogens with two attached hydrogens (primary N) is 2. The molecule has 1 heterocycles. The van der Waals surface area contributed by atoms with Crippen LogP contribution in [0, 0.1) is 0 Å². The number of amides is 9. The van der Waals surface area contributed by atoms with E-state index in [0.717, 1.165) is 97.5 Å². The number of ether oxygens (including phenoxy) is 4. The van der Waals surface area contributed by atoms with E-state index in [1.165, 1.54) is 51.7 Å². The molecule has 9 amide bonds. The van der Waals surface area contributed by atoms with Gasteiger partial charge in [-0.3, -0.25) is 38.8 Å². The van der Waals surface area contributed by atoms with Crippen LogP contribution in [0.3, 0.4) is 0 Å². The van der Waals surface area contributed by atoms with E-state index in [0.29, 0.717) is 5.56 Å². The Kier molecular flexibility index (Phi) is 35.9. The number of aliphatic carboxylic acids is 2. The Labute approximate surface area is 666 Å². The first-order chi connectivity index (χ1) is 55.5. The normalized spacial score (nSPS) is 13.1. The van der Waals surface area contributed by atoms with Gasteiger partial charge in [-0.1, -0.05) is 189 Å². The fourth-order valence-corrected chi connectivity index (χ4v) is 12.7. The first-order valence-electron chi connectivity index (χ1n) is 37.3. The van der Waals surface area contributed by atoms with E-state index >= 15 is 0 Å². The van der Waals surface area contributed by atoms with Crippen molar-refractivity contribution in [3.63, 3.8) is 0 Å². The maximum atomic E-state index is 12.4. The fraction of sp³-hybridized carbons (Fsp3) is 0.306. The van der Waals surface area contributed by atoms with Gasteiger partial charge in [-0.2, -0.15) is 0 Å². The molecule has 8 aromatic rings. The van der Waals surface area contributed by atoms with Crippen molar-refractivity contribution in [1.29, 1.82) is 0 Å². The monoisotopic (exact) mass is 1580 g/mol. The fourth-order valence-electron chi connectivity index (χ4n) is 12.7. The highest BCUT2D eigenvalue weighted by molar-refractivity contribution is 5.98. The zero-order valence-electron chi connectivity index (χ0n) is 64.7. The highest BCUT2D eigenvalue weighted by atomic mass is 16.7. The van der Waals surface area contributed by atoms with Crippen LogP contribution in [-0.2, 0) is 63.8 Å². The molecule has 0 spiro atoms. The lowest BCUT2D eigenvalue weighted by Crippen LogP contribution is -2.52. The Balaban J connectivity index is 0.000000206. The number of carbonyl (C=O) groups is 11. The second-order valence-electron chi connectivity index (χ2n) is 26.1. The summed E-state index contributed by atoms with van der Waals surface area (Å²) in [5.41, 5.74) is 30.4. The number of hydroxylamine groups is 2. The summed E-state index contributed by atoms with van der Waals surface area (Å²) in [6.45, 7) is 9.69. The molecule has 4 unspecified atom stereocenters. The molecular formula is C85H99N11O19. The molecule has 608 valence electrons. The van der Waals surface area contributed by atoms with Gasteiger partial charge in [0.25, 0.3) is 17.7 Å². The van der Waals surface area contributed by atoms with Crippen molar-refractivity contribution in [2.75, 3.05) is 72.9 Å². The van der Waals surface area contributed by atoms with Gasteiger partial charge in [0, 0.05) is 83.5 Å². The quantitative estimate of drug-likeness (QED) is 0.0138. The molecule has 0 bridgehead atoms. The Morgan fingerprint density at radius 2 is 0.739 bits per heavy atom. The van der Waals surface area contributed by atoms with Crippen molar-refractivity contribution < 1.29 is 91.9 Å². The Morgan fingerprint density at radius 1 is 0.426 bits per heavy atom. The molecule has 8 aromatic carbocycles. The van der Waals surface area contributed by atoms with E-state index in [9.17, 15) is 52.7 Å². The largest absolute Gasteiger partial charge is 0.480 e. The summed E-state index contributed by atoms with van der Waals surface area (Å²) in [5, 5.41) is 43.7. The summed E-state index contributed by atoms with van der Waals surface area (Å²) in [7, 11) is 1.50. The summed E-state index contributed by atoms with van der Waals surface area (Å²) in [5.74, 6) is -5.64. The number of carbonyl (C=O) groups excluding carboxylic acids is 9. The molecule has 12 rings (SSSR count). The molecule has 30 nitrogen and oxygen atoms in total. The van der Waals surface area contributed by atoms with Crippen LogP contribution in [0.2, 0.25) is 0 Å². The van der Waals surface area contributed by atoms with Crippen LogP contribution in [0.4, 0.5) is 14.4 Å². The lowest BCUT2D eigenvalue weighted by molar-refractivity contribution is -0.140. The van der Waals surface area contributed by atoms with Gasteiger partial charge in [-0.05, 0) is 129 Å². The first-order valence-corrected chi connectivity index (χ1v) is 37.3. The number of hydrogen-bond acceptors (Lipinski definition) is 19. The number of carboxylic acid groups (broad SMARTS) is 2. The second kappa shape index (κ2) is 46.2. The Hall–Kier alpha value is -12.9. The standard InChI is InChI=1S/C22H25N3O5.C20H23N3O4.C20H20N2O5.C18H18N2O4.C4H8O.CH5N/c1-3-30-25-21(27)20(12-23-14(2)26)24-22(28)29-13-19-17-10-6-4-8-15(17)16-9-5-7-11-18(16)19;1-3-14-4-6-15(7-5-14)16-8-10-17(11-9-16)19(25)22-18(20(26)23-27)12-21-13(2)24;1-12(23)21-10-18(19(24)25)22-20(26)27-11-17-15-8-4-2-6-13(15)14-7-3-5-9-16(14)17;19-9-16(17(21)22)20-18(23)24-10-15-13-7-3-1-5-11(13)12-6-2-4-8-14(12)15;1-2-4-5-3-1;1-2/h4-11,19-20H,3,12-13H2,1-2H3,(H,23,26)(H,24,28)(H,25,27);4-11,18,27H,3,12H2,1-2H3,(H,21,24)(H,22,25)(H,23,26);2-9,17-18H,10-11H2,1H3,(H,21,23)(H,22,26)(H,24,25);1-8,15-16H,9-10,19H2,(H,20,23)(H,21,22);1-4H2;2H2,1H3. The summed E-state index contributed by atoms with van der Waals surface area (Å²) in [6, 6.07) is 58.5. The summed E-state index contributed by atoms with van der Waals surface area (Å²) >= 11 is 0. The van der Waals surface area contributed by atoms with Crippen LogP contribution in [-0.4, -0.2) is 178 Å². The van der Waals surface area contributed by atoms with Crippen LogP contribution in [0.1, 0.15) is 115 Å². The second-order valence-corrected chi connectivity index (χ2v) is 26.1. The predicted octanol–water partition coefficient (Wildman–Crippen LogP) is 8.18. The number of rotatable bonds is 26. The number of fused-ring (bicyclic) bond motifs is 9. The predicted molar refractivity (Wildman–Crippen MR) is 429 cm³/mol. The summed E-state index contributed by atoms with van der Waals surface area (Å²) in [4.78, 5) is 133. The third-order valence-corrected chi connectivity index (χ3v) is 18.4. The minimum atomic E-state index is -1.26. The molecule has 1 aliphatic heterocycles. The maximum absolute atomic E-state index is 12.4. The molecule has 0 radical (unpaired) electrons. The molecule has 3 aliphatic carbocycles. The smallest absolute Gasteiger partial charge is 0.407 e. The van der Waals surface area contributed by atoms with Gasteiger partial charge in [0.05, 0.1) is 6.61 Å². The molecule has 115 heavy (non-hydrogen) atoms. The number of nitrogens with one attached hydrogen (secondary N) is 9. The summed E-state index contributed by atoms with van der Waals surface area (Å²) in [6.07, 6.45) is 1.16. The van der Waals surface area contributed by atoms with Gasteiger partial charge in [0.15, 0.2) is 0 Å². The van der Waals surface area contributed by atoms with Gasteiger partial charge in [0.1, 0.15) is 44.0 Å². The average Bonchev–Trinajstić information content (AvgIpc) is 1.63. The highest BCUT2D eigenvalue weighted by Gasteiger charge is 2.34. The first kappa shape index (κ1) is 89.3. The third kappa shape index (κ3) is 26.4. The minimum Gasteiger partial charge on any atom is -0.480 e. The molecule has 16 N–H and O–H groups in total.